The van der Waals surface area contributed by atoms with Gasteiger partial charge < -0.3 is 15.0 Å². The number of likely N-dealkylation sites (tertiary alicyclic amines) is 1. The standard InChI is InChI=1S/C14H26N2O/c1(9-17-14-4-6-15-7-5-14)8-16-11-12-2-3-13(16)10-12/h12-15H,1-11H2. The van der Waals surface area contributed by atoms with Gasteiger partial charge in [0.15, 0.2) is 0 Å². The van der Waals surface area contributed by atoms with Crippen molar-refractivity contribution in [1.82, 2.24) is 10.2 Å². The molecule has 0 aromatic carbocycles. The normalized spacial score (nSPS) is 34.6. The molecule has 3 aliphatic rings. The number of rotatable bonds is 5. The zero-order chi connectivity index (χ0) is 11.5. The molecule has 3 nitrogen and oxygen atoms in total. The van der Waals surface area contributed by atoms with Crippen LogP contribution < -0.4 is 5.32 Å². The maximum absolute atomic E-state index is 5.96. The lowest BCUT2D eigenvalue weighted by Crippen LogP contribution is -2.35. The first-order valence-electron chi connectivity index (χ1n) is 7.48. The predicted octanol–water partition coefficient (Wildman–Crippen LogP) is 1.63. The van der Waals surface area contributed by atoms with Gasteiger partial charge in [0.1, 0.15) is 0 Å². The average molecular weight is 238 g/mol. The zero-order valence-corrected chi connectivity index (χ0v) is 10.9. The summed E-state index contributed by atoms with van der Waals surface area (Å²) >= 11 is 0. The first-order chi connectivity index (χ1) is 8.42. The largest absolute Gasteiger partial charge is 0.378 e. The predicted molar refractivity (Wildman–Crippen MR) is 69.2 cm³/mol. The molecule has 1 saturated carbocycles. The lowest BCUT2D eigenvalue weighted by atomic mass is 10.1. The van der Waals surface area contributed by atoms with E-state index in [-0.39, 0.29) is 0 Å². The molecule has 1 aliphatic carbocycles. The molecular formula is C14H26N2O. The fraction of sp³-hybridized carbons (Fsp3) is 1.00. The van der Waals surface area contributed by atoms with Gasteiger partial charge in [-0.2, -0.15) is 0 Å². The first kappa shape index (κ1) is 11.9. The smallest absolute Gasteiger partial charge is 0.0599 e. The summed E-state index contributed by atoms with van der Waals surface area (Å²) in [6.45, 7) is 5.89. The molecule has 2 bridgehead atoms. The van der Waals surface area contributed by atoms with Crippen LogP contribution in [0.2, 0.25) is 0 Å². The van der Waals surface area contributed by atoms with Crippen LogP contribution in [0.4, 0.5) is 0 Å². The number of ether oxygens (including phenoxy) is 1. The minimum atomic E-state index is 0.534. The molecule has 0 radical (unpaired) electrons. The van der Waals surface area contributed by atoms with Crippen molar-refractivity contribution in [3.63, 3.8) is 0 Å². The molecule has 3 heteroatoms. The summed E-state index contributed by atoms with van der Waals surface area (Å²) in [6, 6.07) is 0.930. The fourth-order valence-corrected chi connectivity index (χ4v) is 3.78. The Balaban J connectivity index is 1.28. The topological polar surface area (TPSA) is 24.5 Å². The lowest BCUT2D eigenvalue weighted by Gasteiger charge is -2.27. The van der Waals surface area contributed by atoms with Crippen molar-refractivity contribution in [3.05, 3.63) is 0 Å². The number of nitrogens with one attached hydrogen (secondary N) is 1. The molecule has 0 aromatic heterocycles. The Kier molecular flexibility index (Phi) is 3.99. The summed E-state index contributed by atoms with van der Waals surface area (Å²) in [5, 5.41) is 3.38. The second-order valence-corrected chi connectivity index (χ2v) is 6.00. The summed E-state index contributed by atoms with van der Waals surface area (Å²) in [5.74, 6) is 1.03. The van der Waals surface area contributed by atoms with E-state index >= 15 is 0 Å². The lowest BCUT2D eigenvalue weighted by molar-refractivity contribution is 0.0265. The number of hydrogen-bond donors (Lipinski definition) is 1. The van der Waals surface area contributed by atoms with Gasteiger partial charge in [0, 0.05) is 25.7 Å². The molecule has 0 amide bonds. The quantitative estimate of drug-likeness (QED) is 0.737. The number of hydrogen-bond acceptors (Lipinski definition) is 3. The Bertz CT molecular complexity index is 240. The van der Waals surface area contributed by atoms with E-state index < -0.39 is 0 Å². The number of piperidine rings is 2. The van der Waals surface area contributed by atoms with Crippen LogP contribution in [0.15, 0.2) is 0 Å². The highest BCUT2D eigenvalue weighted by Crippen LogP contribution is 2.37. The average Bonchev–Trinajstić information content (AvgIpc) is 2.98. The molecule has 1 N–H and O–H groups in total. The Morgan fingerprint density at radius 1 is 1.12 bits per heavy atom. The number of nitrogens with zero attached hydrogens (tertiary/aromatic N) is 1. The summed E-state index contributed by atoms with van der Waals surface area (Å²) < 4.78 is 5.96. The second kappa shape index (κ2) is 5.68. The molecular weight excluding hydrogens is 212 g/mol. The van der Waals surface area contributed by atoms with E-state index in [1.165, 1.54) is 51.6 Å². The van der Waals surface area contributed by atoms with Crippen molar-refractivity contribution in [2.45, 2.75) is 50.7 Å². The van der Waals surface area contributed by atoms with Gasteiger partial charge >= 0.3 is 0 Å². The molecule has 17 heavy (non-hydrogen) atoms. The summed E-state index contributed by atoms with van der Waals surface area (Å²) in [4.78, 5) is 2.71. The molecule has 0 aromatic rings. The molecule has 2 saturated heterocycles. The summed E-state index contributed by atoms with van der Waals surface area (Å²) in [5.41, 5.74) is 0. The first-order valence-corrected chi connectivity index (χ1v) is 7.48. The van der Waals surface area contributed by atoms with E-state index in [4.69, 9.17) is 4.74 Å². The van der Waals surface area contributed by atoms with E-state index in [9.17, 15) is 0 Å². The zero-order valence-electron chi connectivity index (χ0n) is 10.9. The van der Waals surface area contributed by atoms with Crippen molar-refractivity contribution in [2.24, 2.45) is 5.92 Å². The molecule has 2 unspecified atom stereocenters. The molecule has 2 heterocycles. The number of fused-ring (bicyclic) bond motifs is 2. The third-order valence-electron chi connectivity index (χ3n) is 4.75. The third-order valence-corrected chi connectivity index (χ3v) is 4.75. The molecule has 3 rings (SSSR count). The minimum absolute atomic E-state index is 0.534. The molecule has 0 spiro atoms. The van der Waals surface area contributed by atoms with Crippen LogP contribution in [0.5, 0.6) is 0 Å². The van der Waals surface area contributed by atoms with Crippen LogP contribution in [-0.2, 0) is 4.74 Å². The maximum Gasteiger partial charge on any atom is 0.0599 e. The second-order valence-electron chi connectivity index (χ2n) is 6.00. The molecule has 2 atom stereocenters. The Morgan fingerprint density at radius 2 is 2.00 bits per heavy atom. The van der Waals surface area contributed by atoms with Crippen LogP contribution in [0.1, 0.15) is 38.5 Å². The van der Waals surface area contributed by atoms with E-state index in [1.54, 1.807) is 0 Å². The van der Waals surface area contributed by atoms with Gasteiger partial charge in [0.25, 0.3) is 0 Å². The van der Waals surface area contributed by atoms with Crippen molar-refractivity contribution in [3.8, 4) is 0 Å². The fourth-order valence-electron chi connectivity index (χ4n) is 3.78. The molecule has 98 valence electrons. The van der Waals surface area contributed by atoms with Gasteiger partial charge in [0.05, 0.1) is 6.10 Å². The van der Waals surface area contributed by atoms with Crippen molar-refractivity contribution in [2.75, 3.05) is 32.8 Å². The van der Waals surface area contributed by atoms with Crippen LogP contribution in [0.25, 0.3) is 0 Å². The minimum Gasteiger partial charge on any atom is -0.378 e. The van der Waals surface area contributed by atoms with E-state index in [0.717, 1.165) is 31.7 Å². The Labute approximate surface area is 105 Å². The van der Waals surface area contributed by atoms with Crippen LogP contribution >= 0.6 is 0 Å². The van der Waals surface area contributed by atoms with E-state index in [1.807, 2.05) is 0 Å². The van der Waals surface area contributed by atoms with Crippen LogP contribution in [0.3, 0.4) is 0 Å². The van der Waals surface area contributed by atoms with Gasteiger partial charge in [-0.25, -0.2) is 0 Å². The molecule has 3 fully saturated rings. The van der Waals surface area contributed by atoms with Crippen molar-refractivity contribution < 1.29 is 4.74 Å². The van der Waals surface area contributed by atoms with Gasteiger partial charge in [-0.05, 0) is 57.5 Å². The molecule has 2 aliphatic heterocycles. The van der Waals surface area contributed by atoms with Gasteiger partial charge in [-0.1, -0.05) is 0 Å². The highest BCUT2D eigenvalue weighted by Gasteiger charge is 2.36. The highest BCUT2D eigenvalue weighted by molar-refractivity contribution is 4.91. The van der Waals surface area contributed by atoms with Crippen molar-refractivity contribution >= 4 is 0 Å². The van der Waals surface area contributed by atoms with Gasteiger partial charge in [0.2, 0.25) is 0 Å². The Hall–Kier alpha value is -0.120. The van der Waals surface area contributed by atoms with Crippen LogP contribution in [0, 0.1) is 5.92 Å². The maximum atomic E-state index is 5.96. The van der Waals surface area contributed by atoms with Crippen molar-refractivity contribution in [1.29, 1.82) is 0 Å². The highest BCUT2D eigenvalue weighted by atomic mass is 16.5. The summed E-state index contributed by atoms with van der Waals surface area (Å²) in [6.07, 6.45) is 8.60. The monoisotopic (exact) mass is 238 g/mol. The Morgan fingerprint density at radius 3 is 2.71 bits per heavy atom. The SMILES string of the molecule is C(COC1CCNCC1)CN1CC2CCC1C2. The van der Waals surface area contributed by atoms with Gasteiger partial charge in [-0.3, -0.25) is 0 Å². The third kappa shape index (κ3) is 3.01. The van der Waals surface area contributed by atoms with E-state index in [0.29, 0.717) is 6.10 Å². The summed E-state index contributed by atoms with van der Waals surface area (Å²) in [7, 11) is 0. The van der Waals surface area contributed by atoms with E-state index in [2.05, 4.69) is 10.2 Å². The van der Waals surface area contributed by atoms with Crippen LogP contribution in [-0.4, -0.2) is 49.8 Å². The van der Waals surface area contributed by atoms with Gasteiger partial charge in [-0.15, -0.1) is 0 Å².